The molecule has 0 radical (unpaired) electrons. The largest absolute Gasteiger partial charge is 0.465 e. The summed E-state index contributed by atoms with van der Waals surface area (Å²) in [4.78, 5) is 26.3. The lowest BCUT2D eigenvalue weighted by Gasteiger charge is -2.43. The highest BCUT2D eigenvalue weighted by atomic mass is 16.5. The van der Waals surface area contributed by atoms with E-state index in [0.29, 0.717) is 6.54 Å². The molecule has 1 saturated carbocycles. The number of rotatable bonds is 3. The van der Waals surface area contributed by atoms with Crippen molar-refractivity contribution in [2.24, 2.45) is 0 Å². The van der Waals surface area contributed by atoms with Gasteiger partial charge >= 0.3 is 5.97 Å². The predicted octanol–water partition coefficient (Wildman–Crippen LogP) is 5.42. The molecule has 4 nitrogen and oxygen atoms in total. The maximum absolute atomic E-state index is 13.7. The molecule has 2 aliphatic rings. The van der Waals surface area contributed by atoms with E-state index in [-0.39, 0.29) is 16.5 Å². The van der Waals surface area contributed by atoms with Crippen molar-refractivity contribution in [1.29, 1.82) is 0 Å². The lowest BCUT2D eigenvalue weighted by Crippen LogP contribution is -2.40. The second-order valence-corrected chi connectivity index (χ2v) is 9.37. The number of benzene rings is 2. The van der Waals surface area contributed by atoms with Gasteiger partial charge in [0.2, 0.25) is 0 Å². The molecule has 1 heterocycles. The van der Waals surface area contributed by atoms with Crippen molar-refractivity contribution in [3.63, 3.8) is 0 Å². The standard InChI is InChI=1S/C28H29NO3/c1-19-11-12-21-17-28(13-7-4-8-14-28)24-16-23(27(31)32-2)26(30)29(25(24)22(21)15-19)18-20-9-5-3-6-10-20/h3,5-6,9-12,15-16H,4,7-8,13-14,17-18H2,1-2H3. The third-order valence-corrected chi connectivity index (χ3v) is 7.31. The molecule has 0 N–H and O–H groups in total. The molecule has 4 heteroatoms. The number of carbonyl (C=O) groups is 1. The number of carbonyl (C=O) groups excluding carboxylic acids is 1. The average molecular weight is 428 g/mol. The molecule has 0 unspecified atom stereocenters. The van der Waals surface area contributed by atoms with Gasteiger partial charge in [0, 0.05) is 11.0 Å². The van der Waals surface area contributed by atoms with Crippen LogP contribution in [0.4, 0.5) is 0 Å². The number of aryl methyl sites for hydroxylation is 1. The molecule has 1 spiro atoms. The Labute approximate surface area is 188 Å². The maximum atomic E-state index is 13.7. The number of fused-ring (bicyclic) bond motifs is 4. The van der Waals surface area contributed by atoms with Crippen molar-refractivity contribution >= 4 is 5.97 Å². The number of ether oxygens (including phenoxy) is 1. The van der Waals surface area contributed by atoms with Crippen molar-refractivity contribution in [3.05, 3.63) is 92.8 Å². The van der Waals surface area contributed by atoms with Crippen LogP contribution in [0.3, 0.4) is 0 Å². The van der Waals surface area contributed by atoms with Crippen LogP contribution in [0.15, 0.2) is 59.4 Å². The molecule has 3 aromatic rings. The molecule has 0 bridgehead atoms. The summed E-state index contributed by atoms with van der Waals surface area (Å²) in [6.07, 6.45) is 6.71. The highest BCUT2D eigenvalue weighted by molar-refractivity contribution is 5.90. The van der Waals surface area contributed by atoms with Crippen LogP contribution in [-0.4, -0.2) is 17.6 Å². The Kier molecular flexibility index (Phi) is 5.24. The number of hydrogen-bond acceptors (Lipinski definition) is 3. The first kappa shape index (κ1) is 20.7. The molecule has 0 amide bonds. The fourth-order valence-corrected chi connectivity index (χ4v) is 5.73. The summed E-state index contributed by atoms with van der Waals surface area (Å²) in [7, 11) is 1.35. The topological polar surface area (TPSA) is 48.3 Å². The fraction of sp³-hybridized carbons (Fsp3) is 0.357. The van der Waals surface area contributed by atoms with Gasteiger partial charge in [0.15, 0.2) is 0 Å². The maximum Gasteiger partial charge on any atom is 0.343 e. The first-order valence-electron chi connectivity index (χ1n) is 11.5. The van der Waals surface area contributed by atoms with Crippen molar-refractivity contribution in [3.8, 4) is 11.3 Å². The molecule has 1 aromatic heterocycles. The van der Waals surface area contributed by atoms with E-state index in [1.165, 1.54) is 37.5 Å². The third-order valence-electron chi connectivity index (χ3n) is 7.31. The van der Waals surface area contributed by atoms with Crippen LogP contribution >= 0.6 is 0 Å². The lowest BCUT2D eigenvalue weighted by molar-refractivity contribution is 0.0597. The quantitative estimate of drug-likeness (QED) is 0.525. The second kappa shape index (κ2) is 8.09. The minimum atomic E-state index is -0.555. The Bertz CT molecular complexity index is 1230. The highest BCUT2D eigenvalue weighted by Crippen LogP contribution is 2.50. The minimum Gasteiger partial charge on any atom is -0.465 e. The van der Waals surface area contributed by atoms with Crippen molar-refractivity contribution in [1.82, 2.24) is 4.57 Å². The van der Waals surface area contributed by atoms with Gasteiger partial charge in [0.25, 0.3) is 5.56 Å². The molecule has 0 aliphatic heterocycles. The van der Waals surface area contributed by atoms with Crippen molar-refractivity contribution in [2.45, 2.75) is 57.4 Å². The van der Waals surface area contributed by atoms with Crippen LogP contribution in [0.2, 0.25) is 0 Å². The molecule has 0 saturated heterocycles. The van der Waals surface area contributed by atoms with Crippen LogP contribution in [0.1, 0.15) is 64.7 Å². The zero-order valence-corrected chi connectivity index (χ0v) is 18.8. The monoisotopic (exact) mass is 427 g/mol. The summed E-state index contributed by atoms with van der Waals surface area (Å²) in [5.74, 6) is -0.555. The van der Waals surface area contributed by atoms with E-state index in [1.54, 1.807) is 0 Å². The summed E-state index contributed by atoms with van der Waals surface area (Å²) >= 11 is 0. The van der Waals surface area contributed by atoms with Crippen molar-refractivity contribution in [2.75, 3.05) is 7.11 Å². The zero-order chi connectivity index (χ0) is 22.3. The van der Waals surface area contributed by atoms with E-state index in [4.69, 9.17) is 4.74 Å². The number of hydrogen-bond donors (Lipinski definition) is 0. The van der Waals surface area contributed by atoms with Gasteiger partial charge in [0.05, 0.1) is 19.3 Å². The van der Waals surface area contributed by atoms with E-state index in [2.05, 4.69) is 25.1 Å². The van der Waals surface area contributed by atoms with Crippen molar-refractivity contribution < 1.29 is 9.53 Å². The Balaban J connectivity index is 1.84. The minimum absolute atomic E-state index is 0.0370. The summed E-state index contributed by atoms with van der Waals surface area (Å²) in [6, 6.07) is 18.5. The van der Waals surface area contributed by atoms with Gasteiger partial charge in [-0.15, -0.1) is 0 Å². The summed E-state index contributed by atoms with van der Waals surface area (Å²) in [5, 5.41) is 0. The van der Waals surface area contributed by atoms with Gasteiger partial charge < -0.3 is 9.30 Å². The van der Waals surface area contributed by atoms with Gasteiger partial charge in [-0.05, 0) is 55.0 Å². The van der Waals surface area contributed by atoms with Crippen LogP contribution in [0.25, 0.3) is 11.3 Å². The zero-order valence-electron chi connectivity index (χ0n) is 18.8. The Morgan fingerprint density at radius 3 is 2.50 bits per heavy atom. The Hall–Kier alpha value is -3.14. The third kappa shape index (κ3) is 3.38. The van der Waals surface area contributed by atoms with Crippen LogP contribution in [0, 0.1) is 6.92 Å². The summed E-state index contributed by atoms with van der Waals surface area (Å²) in [5.41, 5.74) is 6.59. The lowest BCUT2D eigenvalue weighted by atomic mass is 9.62. The number of methoxy groups -OCH3 is 1. The molecule has 1 fully saturated rings. The first-order valence-corrected chi connectivity index (χ1v) is 11.5. The number of aromatic nitrogens is 1. The molecular formula is C28H29NO3. The van der Waals surface area contributed by atoms with E-state index in [9.17, 15) is 9.59 Å². The SMILES string of the molecule is COC(=O)c1cc2c(n(Cc3ccccc3)c1=O)-c1cc(C)ccc1CC21CCCCC1. The smallest absolute Gasteiger partial charge is 0.343 e. The second-order valence-electron chi connectivity index (χ2n) is 9.37. The van der Waals surface area contributed by atoms with Crippen LogP contribution in [-0.2, 0) is 23.1 Å². The van der Waals surface area contributed by atoms with Gasteiger partial charge in [0.1, 0.15) is 5.56 Å². The molecular weight excluding hydrogens is 398 g/mol. The first-order chi connectivity index (χ1) is 15.5. The fourth-order valence-electron chi connectivity index (χ4n) is 5.73. The van der Waals surface area contributed by atoms with E-state index < -0.39 is 5.97 Å². The molecule has 164 valence electrons. The van der Waals surface area contributed by atoms with E-state index in [1.807, 2.05) is 41.0 Å². The Morgan fingerprint density at radius 1 is 1.03 bits per heavy atom. The molecule has 32 heavy (non-hydrogen) atoms. The molecule has 5 rings (SSSR count). The van der Waals surface area contributed by atoms with Gasteiger partial charge in [-0.1, -0.05) is 67.3 Å². The normalized spacial score (nSPS) is 16.3. The number of nitrogens with zero attached hydrogens (tertiary/aromatic N) is 1. The van der Waals surface area contributed by atoms with Crippen LogP contribution < -0.4 is 5.56 Å². The van der Waals surface area contributed by atoms with Crippen LogP contribution in [0.5, 0.6) is 0 Å². The summed E-state index contributed by atoms with van der Waals surface area (Å²) < 4.78 is 6.85. The molecule has 2 aromatic carbocycles. The summed E-state index contributed by atoms with van der Waals surface area (Å²) in [6.45, 7) is 2.52. The molecule has 0 atom stereocenters. The molecule has 2 aliphatic carbocycles. The van der Waals surface area contributed by atoms with E-state index >= 15 is 0 Å². The highest BCUT2D eigenvalue weighted by Gasteiger charge is 2.42. The average Bonchev–Trinajstić information content (AvgIpc) is 2.82. The van der Waals surface area contributed by atoms with E-state index in [0.717, 1.165) is 41.6 Å². The van der Waals surface area contributed by atoms with Gasteiger partial charge in [-0.2, -0.15) is 0 Å². The number of esters is 1. The van der Waals surface area contributed by atoms with Gasteiger partial charge in [-0.25, -0.2) is 4.79 Å². The van der Waals surface area contributed by atoms with Gasteiger partial charge in [-0.3, -0.25) is 4.79 Å². The predicted molar refractivity (Wildman–Crippen MR) is 126 cm³/mol. The Morgan fingerprint density at radius 2 is 1.78 bits per heavy atom. The number of pyridine rings is 1.